The van der Waals surface area contributed by atoms with Gasteiger partial charge in [0, 0.05) is 17.9 Å². The Morgan fingerprint density at radius 3 is 2.16 bits per heavy atom. The van der Waals surface area contributed by atoms with E-state index in [9.17, 15) is 18.7 Å². The highest BCUT2D eigenvalue weighted by molar-refractivity contribution is 6.02. The predicted octanol–water partition coefficient (Wildman–Crippen LogP) is 6.85. The van der Waals surface area contributed by atoms with E-state index in [2.05, 4.69) is 4.99 Å². The lowest BCUT2D eigenvalue weighted by Crippen LogP contribution is -2.29. The summed E-state index contributed by atoms with van der Waals surface area (Å²) in [6.45, 7) is 2.39. The van der Waals surface area contributed by atoms with Crippen LogP contribution < -0.4 is 4.90 Å². The standard InChI is InChI=1S/C26H24F2N2O2/c1-2-16-30(26(31)32)20-12-10-18(11-13-20)17-6-8-19(9-7-17)23-14-15-24(29-23)25-21(27)4-3-5-22(25)28/h3-13,23H,2,14-16H2,1H3,(H,31,32). The smallest absolute Gasteiger partial charge is 0.411 e. The molecule has 1 heterocycles. The SMILES string of the molecule is CCCN(C(=O)O)c1ccc(-c2ccc(C3CCC(c4c(F)cccc4F)=N3)cc2)cc1. The third-order valence-electron chi connectivity index (χ3n) is 5.70. The number of aliphatic imine (C=N–C) groups is 1. The molecule has 1 N–H and O–H groups in total. The maximum absolute atomic E-state index is 14.1. The summed E-state index contributed by atoms with van der Waals surface area (Å²) in [6.07, 6.45) is 1.02. The molecule has 0 aromatic heterocycles. The van der Waals surface area contributed by atoms with Gasteiger partial charge in [-0.05, 0) is 60.2 Å². The van der Waals surface area contributed by atoms with Crippen LogP contribution in [0.1, 0.15) is 43.4 Å². The number of hydrogen-bond acceptors (Lipinski definition) is 2. The molecule has 3 aromatic carbocycles. The molecule has 3 aromatic rings. The van der Waals surface area contributed by atoms with E-state index in [0.717, 1.165) is 23.1 Å². The number of anilines is 1. The van der Waals surface area contributed by atoms with Gasteiger partial charge in [0.25, 0.3) is 0 Å². The molecule has 1 atom stereocenters. The van der Waals surface area contributed by atoms with E-state index >= 15 is 0 Å². The fraction of sp³-hybridized carbons (Fsp3) is 0.231. The highest BCUT2D eigenvalue weighted by Gasteiger charge is 2.24. The van der Waals surface area contributed by atoms with Gasteiger partial charge in [0.2, 0.25) is 0 Å². The van der Waals surface area contributed by atoms with Gasteiger partial charge in [-0.15, -0.1) is 0 Å². The van der Waals surface area contributed by atoms with Crippen molar-refractivity contribution in [1.82, 2.24) is 0 Å². The Morgan fingerprint density at radius 2 is 1.59 bits per heavy atom. The Bertz CT molecular complexity index is 1120. The molecular weight excluding hydrogens is 410 g/mol. The number of carboxylic acid groups (broad SMARTS) is 1. The summed E-state index contributed by atoms with van der Waals surface area (Å²) in [4.78, 5) is 17.4. The second kappa shape index (κ2) is 9.30. The van der Waals surface area contributed by atoms with Gasteiger partial charge in [-0.25, -0.2) is 13.6 Å². The zero-order chi connectivity index (χ0) is 22.7. The van der Waals surface area contributed by atoms with Gasteiger partial charge < -0.3 is 5.11 Å². The van der Waals surface area contributed by atoms with Crippen LogP contribution in [0.3, 0.4) is 0 Å². The zero-order valence-corrected chi connectivity index (χ0v) is 17.8. The number of hydrogen-bond donors (Lipinski definition) is 1. The van der Waals surface area contributed by atoms with E-state index in [4.69, 9.17) is 0 Å². The van der Waals surface area contributed by atoms with Crippen molar-refractivity contribution in [3.05, 3.63) is 89.5 Å². The molecule has 6 heteroatoms. The van der Waals surface area contributed by atoms with Gasteiger partial charge in [0.05, 0.1) is 11.6 Å². The highest BCUT2D eigenvalue weighted by Crippen LogP contribution is 2.33. The summed E-state index contributed by atoms with van der Waals surface area (Å²) >= 11 is 0. The average Bonchev–Trinajstić information content (AvgIpc) is 3.27. The lowest BCUT2D eigenvalue weighted by atomic mass is 9.99. The van der Waals surface area contributed by atoms with Gasteiger partial charge in [0.1, 0.15) is 11.6 Å². The van der Waals surface area contributed by atoms with Crippen molar-refractivity contribution in [1.29, 1.82) is 0 Å². The van der Waals surface area contributed by atoms with Crippen LogP contribution >= 0.6 is 0 Å². The van der Waals surface area contributed by atoms with Crippen LogP contribution in [0, 0.1) is 11.6 Å². The van der Waals surface area contributed by atoms with Crippen LogP contribution in [0.4, 0.5) is 19.3 Å². The van der Waals surface area contributed by atoms with Gasteiger partial charge >= 0.3 is 6.09 Å². The van der Waals surface area contributed by atoms with Crippen molar-refractivity contribution in [3.8, 4) is 11.1 Å². The van der Waals surface area contributed by atoms with Crippen LogP contribution in [-0.2, 0) is 0 Å². The second-order valence-electron chi connectivity index (χ2n) is 7.83. The first-order valence-corrected chi connectivity index (χ1v) is 10.7. The third kappa shape index (κ3) is 4.40. The van der Waals surface area contributed by atoms with E-state index in [1.807, 2.05) is 55.5 Å². The zero-order valence-electron chi connectivity index (χ0n) is 17.8. The molecule has 0 radical (unpaired) electrons. The molecule has 0 aliphatic carbocycles. The summed E-state index contributed by atoms with van der Waals surface area (Å²) in [5.74, 6) is -1.16. The van der Waals surface area contributed by atoms with Gasteiger partial charge in [-0.3, -0.25) is 9.89 Å². The Labute approximate surface area is 185 Å². The normalized spacial score (nSPS) is 15.5. The summed E-state index contributed by atoms with van der Waals surface area (Å²) in [5.41, 5.74) is 4.07. The molecule has 1 aliphatic rings. The van der Waals surface area contributed by atoms with Crippen LogP contribution in [-0.4, -0.2) is 23.5 Å². The minimum Gasteiger partial charge on any atom is -0.465 e. The summed E-state index contributed by atoms with van der Waals surface area (Å²) in [7, 11) is 0. The fourth-order valence-corrected chi connectivity index (χ4v) is 4.09. The van der Waals surface area contributed by atoms with Crippen molar-refractivity contribution >= 4 is 17.5 Å². The predicted molar refractivity (Wildman–Crippen MR) is 122 cm³/mol. The molecule has 1 amide bonds. The fourth-order valence-electron chi connectivity index (χ4n) is 4.09. The van der Waals surface area contributed by atoms with Crippen molar-refractivity contribution in [2.75, 3.05) is 11.4 Å². The first-order valence-electron chi connectivity index (χ1n) is 10.7. The van der Waals surface area contributed by atoms with E-state index in [1.54, 1.807) is 0 Å². The second-order valence-corrected chi connectivity index (χ2v) is 7.83. The van der Waals surface area contributed by atoms with Crippen LogP contribution in [0.2, 0.25) is 0 Å². The highest BCUT2D eigenvalue weighted by atomic mass is 19.1. The summed E-state index contributed by atoms with van der Waals surface area (Å²) < 4.78 is 28.2. The first-order chi connectivity index (χ1) is 15.5. The van der Waals surface area contributed by atoms with Crippen molar-refractivity contribution in [2.45, 2.75) is 32.2 Å². The summed E-state index contributed by atoms with van der Waals surface area (Å²) in [5, 5.41) is 9.37. The van der Waals surface area contributed by atoms with E-state index in [1.165, 1.54) is 23.1 Å². The van der Waals surface area contributed by atoms with Crippen molar-refractivity contribution in [3.63, 3.8) is 0 Å². The van der Waals surface area contributed by atoms with Crippen molar-refractivity contribution in [2.24, 2.45) is 4.99 Å². The summed E-state index contributed by atoms with van der Waals surface area (Å²) in [6, 6.07) is 19.1. The monoisotopic (exact) mass is 434 g/mol. The Balaban J connectivity index is 1.51. The average molecular weight is 434 g/mol. The number of benzene rings is 3. The molecule has 1 unspecified atom stereocenters. The van der Waals surface area contributed by atoms with Crippen LogP contribution in [0.15, 0.2) is 71.7 Å². The van der Waals surface area contributed by atoms with Gasteiger partial charge in [0.15, 0.2) is 0 Å². The topological polar surface area (TPSA) is 52.9 Å². The molecule has 0 saturated carbocycles. The minimum atomic E-state index is -0.962. The Morgan fingerprint density at radius 1 is 1.00 bits per heavy atom. The molecule has 0 fully saturated rings. The Hall–Kier alpha value is -3.54. The van der Waals surface area contributed by atoms with Crippen LogP contribution in [0.25, 0.3) is 11.1 Å². The largest absolute Gasteiger partial charge is 0.465 e. The number of carbonyl (C=O) groups is 1. The maximum Gasteiger partial charge on any atom is 0.411 e. The molecule has 4 rings (SSSR count). The number of halogens is 2. The molecule has 0 saturated heterocycles. The molecule has 0 bridgehead atoms. The molecular formula is C26H24F2N2O2. The van der Waals surface area contributed by atoms with Gasteiger partial charge in [-0.1, -0.05) is 49.4 Å². The molecule has 164 valence electrons. The lowest BCUT2D eigenvalue weighted by Gasteiger charge is -2.18. The lowest BCUT2D eigenvalue weighted by molar-refractivity contribution is 0.202. The number of amides is 1. The first kappa shape index (κ1) is 21.7. The van der Waals surface area contributed by atoms with E-state index in [0.29, 0.717) is 30.8 Å². The minimum absolute atomic E-state index is 0.0230. The maximum atomic E-state index is 14.1. The van der Waals surface area contributed by atoms with Crippen LogP contribution in [0.5, 0.6) is 0 Å². The van der Waals surface area contributed by atoms with E-state index < -0.39 is 17.7 Å². The molecule has 1 aliphatic heterocycles. The molecule has 32 heavy (non-hydrogen) atoms. The van der Waals surface area contributed by atoms with Crippen molar-refractivity contribution < 1.29 is 18.7 Å². The van der Waals surface area contributed by atoms with Gasteiger partial charge in [-0.2, -0.15) is 0 Å². The quantitative estimate of drug-likeness (QED) is 0.461. The molecule has 0 spiro atoms. The third-order valence-corrected chi connectivity index (χ3v) is 5.70. The number of nitrogens with zero attached hydrogens (tertiary/aromatic N) is 2. The Kier molecular flexibility index (Phi) is 6.30. The molecule has 4 nitrogen and oxygen atoms in total. The number of rotatable bonds is 6. The van der Waals surface area contributed by atoms with E-state index in [-0.39, 0.29) is 11.6 Å².